The van der Waals surface area contributed by atoms with Gasteiger partial charge in [-0.3, -0.25) is 14.4 Å². The predicted molar refractivity (Wildman–Crippen MR) is 344 cm³/mol. The number of hydrogen-bond acceptors (Lipinski definition) is 6. The first-order valence-corrected chi connectivity index (χ1v) is 34.1. The Morgan fingerprint density at radius 2 is 0.557 bits per heavy atom. The van der Waals surface area contributed by atoms with Crippen LogP contribution in [0.2, 0.25) is 0 Å². The number of ether oxygens (including phenoxy) is 3. The van der Waals surface area contributed by atoms with Crippen molar-refractivity contribution in [1.29, 1.82) is 0 Å². The highest BCUT2D eigenvalue weighted by molar-refractivity contribution is 5.72. The smallest absolute Gasteiger partial charge is 0.310 e. The second kappa shape index (κ2) is 67.1. The molecule has 0 aromatic carbocycles. The average Bonchev–Trinajstić information content (AvgIpc) is 3.45. The molecule has 0 bridgehead atoms. The van der Waals surface area contributed by atoms with Gasteiger partial charge < -0.3 is 14.2 Å². The van der Waals surface area contributed by atoms with Gasteiger partial charge in [-0.05, 0) is 70.6 Å². The molecule has 0 aliphatic heterocycles. The monoisotopic (exact) mass is 1100 g/mol. The fourth-order valence-corrected chi connectivity index (χ4v) is 9.85. The lowest BCUT2D eigenvalue weighted by molar-refractivity contribution is -0.166. The van der Waals surface area contributed by atoms with E-state index in [1.54, 1.807) is 6.08 Å². The molecule has 6 heteroatoms. The van der Waals surface area contributed by atoms with Crippen molar-refractivity contribution >= 4 is 17.9 Å². The van der Waals surface area contributed by atoms with Gasteiger partial charge in [0.15, 0.2) is 6.10 Å². The van der Waals surface area contributed by atoms with Crippen LogP contribution in [0.4, 0.5) is 0 Å². The lowest BCUT2D eigenvalue weighted by atomic mass is 10.0. The molecule has 0 aliphatic rings. The van der Waals surface area contributed by atoms with Crippen LogP contribution < -0.4 is 0 Å². The molecule has 0 radical (unpaired) electrons. The Bertz CT molecular complexity index is 1500. The molecule has 0 aliphatic carbocycles. The van der Waals surface area contributed by atoms with Gasteiger partial charge in [-0.15, -0.1) is 0 Å². The third-order valence-corrected chi connectivity index (χ3v) is 14.9. The van der Waals surface area contributed by atoms with Crippen molar-refractivity contribution in [3.8, 4) is 0 Å². The molecule has 0 saturated carbocycles. The largest absolute Gasteiger partial charge is 0.462 e. The van der Waals surface area contributed by atoms with E-state index in [1.165, 1.54) is 199 Å². The van der Waals surface area contributed by atoms with Crippen LogP contribution in [0.1, 0.15) is 342 Å². The molecular formula is C73H128O6. The first-order valence-electron chi connectivity index (χ1n) is 34.1. The molecule has 6 nitrogen and oxygen atoms in total. The Balaban J connectivity index is 4.15. The minimum atomic E-state index is -0.837. The van der Waals surface area contributed by atoms with E-state index in [0.717, 1.165) is 103 Å². The van der Waals surface area contributed by atoms with E-state index < -0.39 is 12.1 Å². The molecule has 1 unspecified atom stereocenters. The van der Waals surface area contributed by atoms with E-state index in [2.05, 4.69) is 93.7 Å². The van der Waals surface area contributed by atoms with Gasteiger partial charge in [0.2, 0.25) is 0 Å². The highest BCUT2D eigenvalue weighted by atomic mass is 16.6. The zero-order chi connectivity index (χ0) is 57.1. The predicted octanol–water partition coefficient (Wildman–Crippen LogP) is 23.4. The van der Waals surface area contributed by atoms with Crippen molar-refractivity contribution in [2.75, 3.05) is 13.2 Å². The van der Waals surface area contributed by atoms with Crippen LogP contribution in [0, 0.1) is 0 Å². The van der Waals surface area contributed by atoms with E-state index in [4.69, 9.17) is 14.2 Å². The van der Waals surface area contributed by atoms with Gasteiger partial charge in [0.25, 0.3) is 0 Å². The summed E-state index contributed by atoms with van der Waals surface area (Å²) in [7, 11) is 0. The van der Waals surface area contributed by atoms with Crippen LogP contribution >= 0.6 is 0 Å². The quantitative estimate of drug-likeness (QED) is 0.0261. The number of unbranched alkanes of at least 4 members (excludes halogenated alkanes) is 38. The van der Waals surface area contributed by atoms with Gasteiger partial charge in [0, 0.05) is 12.8 Å². The van der Waals surface area contributed by atoms with E-state index in [0.29, 0.717) is 12.8 Å². The number of allylic oxidation sites excluding steroid dienone is 13. The highest BCUT2D eigenvalue weighted by Crippen LogP contribution is 2.18. The average molecular weight is 1100 g/mol. The van der Waals surface area contributed by atoms with Gasteiger partial charge in [-0.2, -0.15) is 0 Å². The fourth-order valence-electron chi connectivity index (χ4n) is 9.85. The van der Waals surface area contributed by atoms with Crippen molar-refractivity contribution < 1.29 is 28.6 Å². The van der Waals surface area contributed by atoms with E-state index >= 15 is 0 Å². The summed E-state index contributed by atoms with van der Waals surface area (Å²) in [6, 6.07) is 0. The molecule has 0 amide bonds. The number of carbonyl (C=O) groups is 3. The SMILES string of the molecule is CC/C=C\C/C=C\C/C=C\C/C=C\C/C=C\CC(=O)OC(COC(=O)CCCCCCC/C=C\C/C=C\CCC)COC(=O)CCCCCCCCCCCCCCCCCCCCCCCCCCCCCCCCCCC. The van der Waals surface area contributed by atoms with Crippen LogP contribution in [0.3, 0.4) is 0 Å². The lowest BCUT2D eigenvalue weighted by Gasteiger charge is -2.18. The zero-order valence-corrected chi connectivity index (χ0v) is 52.4. The Kier molecular flexibility index (Phi) is 64.2. The molecule has 0 fully saturated rings. The van der Waals surface area contributed by atoms with Crippen LogP contribution in [0.5, 0.6) is 0 Å². The van der Waals surface area contributed by atoms with Crippen LogP contribution in [-0.4, -0.2) is 37.2 Å². The molecular weight excluding hydrogens is 973 g/mol. The summed E-state index contributed by atoms with van der Waals surface area (Å²) in [4.78, 5) is 38.2. The van der Waals surface area contributed by atoms with Gasteiger partial charge in [-0.1, -0.05) is 337 Å². The molecule has 0 aromatic rings. The van der Waals surface area contributed by atoms with Crippen molar-refractivity contribution in [2.45, 2.75) is 348 Å². The molecule has 0 aromatic heterocycles. The molecule has 0 heterocycles. The standard InChI is InChI=1S/C73H128O6/c1-4-7-10-13-16-19-22-25-27-28-29-30-31-32-33-34-35-36-37-38-39-40-41-42-43-44-46-48-51-54-57-60-63-66-72(75)78-69-70(68-77-71(74)65-62-59-56-53-50-47-24-21-18-15-12-9-6-3)79-73(76)67-64-61-58-55-52-49-45-26-23-20-17-14-11-8-5-2/h8,11-12,15,17,20-21,24,26,45,52,55,61,64,70H,4-7,9-10,13-14,16,18-19,22-23,25,27-44,46-51,53-54,56-60,62-63,65-69H2,1-3H3/b11-8-,15-12-,20-17-,24-21-,45-26-,55-52-,64-61-. The number of esters is 3. The Labute approximate surface area is 490 Å². The summed E-state index contributed by atoms with van der Waals surface area (Å²) in [6.45, 7) is 6.40. The minimum absolute atomic E-state index is 0.0947. The van der Waals surface area contributed by atoms with Gasteiger partial charge in [-0.25, -0.2) is 0 Å². The maximum atomic E-state index is 12.8. The van der Waals surface area contributed by atoms with E-state index in [9.17, 15) is 14.4 Å². The Morgan fingerprint density at radius 3 is 0.886 bits per heavy atom. The molecule has 79 heavy (non-hydrogen) atoms. The summed E-state index contributed by atoms with van der Waals surface area (Å²) in [5.41, 5.74) is 0. The molecule has 1 atom stereocenters. The summed E-state index contributed by atoms with van der Waals surface area (Å²) >= 11 is 0. The molecule has 0 N–H and O–H groups in total. The second-order valence-electron chi connectivity index (χ2n) is 22.7. The molecule has 0 rings (SSSR count). The maximum Gasteiger partial charge on any atom is 0.310 e. The van der Waals surface area contributed by atoms with Crippen LogP contribution in [0.15, 0.2) is 85.1 Å². The normalized spacial score (nSPS) is 12.6. The van der Waals surface area contributed by atoms with Crippen LogP contribution in [0.25, 0.3) is 0 Å². The summed E-state index contributed by atoms with van der Waals surface area (Å²) in [5, 5.41) is 0. The molecule has 0 spiro atoms. The maximum absolute atomic E-state index is 12.8. The molecule has 456 valence electrons. The third kappa shape index (κ3) is 65.3. The van der Waals surface area contributed by atoms with Crippen molar-refractivity contribution in [3.63, 3.8) is 0 Å². The topological polar surface area (TPSA) is 78.9 Å². The summed E-state index contributed by atoms with van der Waals surface area (Å²) in [6.07, 6.45) is 89.5. The van der Waals surface area contributed by atoms with E-state index in [1.807, 2.05) is 6.08 Å². The van der Waals surface area contributed by atoms with Gasteiger partial charge >= 0.3 is 17.9 Å². The fraction of sp³-hybridized carbons (Fsp3) is 0.767. The summed E-state index contributed by atoms with van der Waals surface area (Å²) < 4.78 is 16.8. The second-order valence-corrected chi connectivity index (χ2v) is 22.7. The van der Waals surface area contributed by atoms with Crippen molar-refractivity contribution in [2.24, 2.45) is 0 Å². The number of hydrogen-bond donors (Lipinski definition) is 0. The lowest BCUT2D eigenvalue weighted by Crippen LogP contribution is -2.30. The van der Waals surface area contributed by atoms with Crippen molar-refractivity contribution in [3.05, 3.63) is 85.1 Å². The van der Waals surface area contributed by atoms with Crippen molar-refractivity contribution in [1.82, 2.24) is 0 Å². The van der Waals surface area contributed by atoms with Crippen LogP contribution in [-0.2, 0) is 28.6 Å². The first-order chi connectivity index (χ1) is 39.0. The van der Waals surface area contributed by atoms with Gasteiger partial charge in [0.05, 0.1) is 6.42 Å². The Hall–Kier alpha value is -3.41. The summed E-state index contributed by atoms with van der Waals surface area (Å²) in [5.74, 6) is -1.05. The molecule has 0 saturated heterocycles. The minimum Gasteiger partial charge on any atom is -0.462 e. The van der Waals surface area contributed by atoms with Gasteiger partial charge in [0.1, 0.15) is 13.2 Å². The number of rotatable bonds is 62. The van der Waals surface area contributed by atoms with E-state index in [-0.39, 0.29) is 31.6 Å². The Morgan fingerprint density at radius 1 is 0.278 bits per heavy atom. The zero-order valence-electron chi connectivity index (χ0n) is 52.4. The highest BCUT2D eigenvalue weighted by Gasteiger charge is 2.19. The number of carbonyl (C=O) groups excluding carboxylic acids is 3. The first kappa shape index (κ1) is 75.6. The third-order valence-electron chi connectivity index (χ3n) is 14.9.